The lowest BCUT2D eigenvalue weighted by molar-refractivity contribution is 0.0983. The number of nitrogens with one attached hydrogen (secondary N) is 1. The van der Waals surface area contributed by atoms with Crippen molar-refractivity contribution in [1.29, 1.82) is 0 Å². The van der Waals surface area contributed by atoms with Crippen molar-refractivity contribution in [2.24, 2.45) is 0 Å². The molecule has 1 aromatic heterocycles. The lowest BCUT2D eigenvalue weighted by atomic mass is 10.1. The summed E-state index contributed by atoms with van der Waals surface area (Å²) in [4.78, 5) is 31.4. The molecular formula is C23H23N3O2. The molecule has 0 radical (unpaired) electrons. The molecule has 3 rings (SSSR count). The maximum atomic E-state index is 12.9. The second-order valence-electron chi connectivity index (χ2n) is 6.30. The number of carbonyl (C=O) groups is 2. The van der Waals surface area contributed by atoms with Gasteiger partial charge in [-0.2, -0.15) is 0 Å². The van der Waals surface area contributed by atoms with Crippen molar-refractivity contribution in [3.05, 3.63) is 89.7 Å². The molecule has 0 aliphatic rings. The number of para-hydroxylation sites is 1. The van der Waals surface area contributed by atoms with E-state index < -0.39 is 0 Å². The molecule has 0 aliphatic heterocycles. The van der Waals surface area contributed by atoms with Gasteiger partial charge in [-0.25, -0.2) is 4.98 Å². The van der Waals surface area contributed by atoms with Gasteiger partial charge in [-0.05, 0) is 55.3 Å². The van der Waals surface area contributed by atoms with Gasteiger partial charge in [0, 0.05) is 17.9 Å². The van der Waals surface area contributed by atoms with Crippen LogP contribution in [0.1, 0.15) is 40.4 Å². The molecule has 1 N–H and O–H groups in total. The molecule has 2 aromatic carbocycles. The fourth-order valence-electron chi connectivity index (χ4n) is 2.89. The fourth-order valence-corrected chi connectivity index (χ4v) is 2.89. The van der Waals surface area contributed by atoms with Gasteiger partial charge in [0.05, 0.1) is 0 Å². The van der Waals surface area contributed by atoms with Gasteiger partial charge in [-0.15, -0.1) is 0 Å². The predicted molar refractivity (Wildman–Crippen MR) is 112 cm³/mol. The van der Waals surface area contributed by atoms with Crippen LogP contribution in [0.15, 0.2) is 72.8 Å². The Labute approximate surface area is 165 Å². The molecule has 5 heteroatoms. The minimum atomic E-state index is -0.346. The summed E-state index contributed by atoms with van der Waals surface area (Å²) in [6.07, 6.45) is 0.940. The Morgan fingerprint density at radius 2 is 1.54 bits per heavy atom. The maximum absolute atomic E-state index is 12.9. The van der Waals surface area contributed by atoms with Crippen LogP contribution in [0.5, 0.6) is 0 Å². The van der Waals surface area contributed by atoms with Crippen LogP contribution in [0.2, 0.25) is 0 Å². The van der Waals surface area contributed by atoms with Gasteiger partial charge >= 0.3 is 0 Å². The zero-order valence-electron chi connectivity index (χ0n) is 16.1. The van der Waals surface area contributed by atoms with Crippen LogP contribution < -0.4 is 10.2 Å². The maximum Gasteiger partial charge on any atom is 0.276 e. The molecule has 5 nitrogen and oxygen atoms in total. The number of nitrogens with zero attached hydrogens (tertiary/aromatic N) is 2. The average molecular weight is 373 g/mol. The van der Waals surface area contributed by atoms with Crippen LogP contribution in [0.25, 0.3) is 0 Å². The Kier molecular flexibility index (Phi) is 6.17. The molecule has 0 atom stereocenters. The first kappa shape index (κ1) is 19.3. The molecule has 0 saturated carbocycles. The number of benzene rings is 2. The van der Waals surface area contributed by atoms with E-state index in [0.29, 0.717) is 12.2 Å². The van der Waals surface area contributed by atoms with Gasteiger partial charge in [0.2, 0.25) is 0 Å². The Balaban J connectivity index is 1.78. The van der Waals surface area contributed by atoms with Crippen molar-refractivity contribution < 1.29 is 9.59 Å². The van der Waals surface area contributed by atoms with E-state index in [4.69, 9.17) is 0 Å². The van der Waals surface area contributed by atoms with Crippen LogP contribution in [-0.2, 0) is 6.42 Å². The average Bonchev–Trinajstić information content (AvgIpc) is 2.75. The van der Waals surface area contributed by atoms with E-state index in [-0.39, 0.29) is 23.2 Å². The summed E-state index contributed by atoms with van der Waals surface area (Å²) in [5.41, 5.74) is 3.13. The van der Waals surface area contributed by atoms with Crippen LogP contribution in [0.4, 0.5) is 11.4 Å². The molecule has 0 bridgehead atoms. The van der Waals surface area contributed by atoms with Gasteiger partial charge in [0.15, 0.2) is 0 Å². The minimum Gasteiger partial charge on any atom is -0.321 e. The first-order chi connectivity index (χ1) is 13.6. The number of amides is 2. The molecule has 28 heavy (non-hydrogen) atoms. The molecule has 0 saturated heterocycles. The molecular weight excluding hydrogens is 350 g/mol. The van der Waals surface area contributed by atoms with Crippen molar-refractivity contribution >= 4 is 23.2 Å². The van der Waals surface area contributed by atoms with Gasteiger partial charge in [-0.3, -0.25) is 9.59 Å². The fraction of sp³-hybridized carbons (Fsp3) is 0.174. The highest BCUT2D eigenvalue weighted by Crippen LogP contribution is 2.16. The number of hydrogen-bond acceptors (Lipinski definition) is 3. The first-order valence-electron chi connectivity index (χ1n) is 9.36. The van der Waals surface area contributed by atoms with Gasteiger partial charge in [0.25, 0.3) is 11.8 Å². The van der Waals surface area contributed by atoms with E-state index in [1.54, 1.807) is 23.1 Å². The van der Waals surface area contributed by atoms with Crippen LogP contribution in [-0.4, -0.2) is 23.3 Å². The van der Waals surface area contributed by atoms with Crippen LogP contribution in [0.3, 0.4) is 0 Å². The van der Waals surface area contributed by atoms with Crippen LogP contribution in [0, 0.1) is 0 Å². The number of rotatable bonds is 6. The Bertz CT molecular complexity index is 953. The van der Waals surface area contributed by atoms with E-state index in [1.807, 2.05) is 61.5 Å². The van der Waals surface area contributed by atoms with Gasteiger partial charge in [0.1, 0.15) is 11.4 Å². The van der Waals surface area contributed by atoms with Crippen molar-refractivity contribution in [2.45, 2.75) is 20.3 Å². The quantitative estimate of drug-likeness (QED) is 0.689. The largest absolute Gasteiger partial charge is 0.321 e. The highest BCUT2D eigenvalue weighted by Gasteiger charge is 2.19. The zero-order valence-corrected chi connectivity index (χ0v) is 16.1. The van der Waals surface area contributed by atoms with E-state index in [9.17, 15) is 9.59 Å². The van der Waals surface area contributed by atoms with Gasteiger partial charge in [-0.1, -0.05) is 43.3 Å². The number of carbonyl (C=O) groups excluding carboxylic acids is 2. The van der Waals surface area contributed by atoms with Gasteiger partial charge < -0.3 is 10.2 Å². The number of hydrogen-bond donors (Lipinski definition) is 1. The third-order valence-corrected chi connectivity index (χ3v) is 4.45. The number of pyridine rings is 1. The SMILES string of the molecule is CCc1ccc(NC(=O)c2cccc(C(=O)N(CC)c3ccccc3)n2)cc1. The summed E-state index contributed by atoms with van der Waals surface area (Å²) in [6.45, 7) is 4.49. The lowest BCUT2D eigenvalue weighted by Gasteiger charge is -2.20. The molecule has 0 spiro atoms. The second kappa shape index (κ2) is 8.95. The topological polar surface area (TPSA) is 62.3 Å². The van der Waals surface area contributed by atoms with Crippen molar-refractivity contribution in [2.75, 3.05) is 16.8 Å². The normalized spacial score (nSPS) is 10.4. The number of anilines is 2. The molecule has 3 aromatic rings. The second-order valence-corrected chi connectivity index (χ2v) is 6.30. The molecule has 0 aliphatic carbocycles. The minimum absolute atomic E-state index is 0.203. The zero-order chi connectivity index (χ0) is 19.9. The lowest BCUT2D eigenvalue weighted by Crippen LogP contribution is -2.31. The highest BCUT2D eigenvalue weighted by atomic mass is 16.2. The predicted octanol–water partition coefficient (Wildman–Crippen LogP) is 4.56. The van der Waals surface area contributed by atoms with Crippen molar-refractivity contribution in [3.8, 4) is 0 Å². The number of aryl methyl sites for hydroxylation is 1. The van der Waals surface area contributed by atoms with E-state index >= 15 is 0 Å². The standard InChI is InChI=1S/C23H23N3O2/c1-3-17-13-15-18(16-14-17)24-22(27)20-11-8-12-21(25-20)23(28)26(4-2)19-9-6-5-7-10-19/h5-16H,3-4H2,1-2H3,(H,24,27). The summed E-state index contributed by atoms with van der Waals surface area (Å²) in [5, 5.41) is 2.82. The Hall–Kier alpha value is -3.47. The third kappa shape index (κ3) is 4.43. The smallest absolute Gasteiger partial charge is 0.276 e. The highest BCUT2D eigenvalue weighted by molar-refractivity contribution is 6.07. The van der Waals surface area contributed by atoms with E-state index in [0.717, 1.165) is 12.1 Å². The Morgan fingerprint density at radius 1 is 0.857 bits per heavy atom. The summed E-state index contributed by atoms with van der Waals surface area (Å²) in [5.74, 6) is -0.586. The van der Waals surface area contributed by atoms with Crippen molar-refractivity contribution in [1.82, 2.24) is 4.98 Å². The molecule has 1 heterocycles. The number of aromatic nitrogens is 1. The molecule has 0 fully saturated rings. The third-order valence-electron chi connectivity index (χ3n) is 4.45. The summed E-state index contributed by atoms with van der Waals surface area (Å²) >= 11 is 0. The van der Waals surface area contributed by atoms with Crippen LogP contribution >= 0.6 is 0 Å². The summed E-state index contributed by atoms with van der Waals surface area (Å²) in [6, 6.07) is 22.0. The summed E-state index contributed by atoms with van der Waals surface area (Å²) in [7, 11) is 0. The summed E-state index contributed by atoms with van der Waals surface area (Å²) < 4.78 is 0. The molecule has 142 valence electrons. The molecule has 0 unspecified atom stereocenters. The first-order valence-corrected chi connectivity index (χ1v) is 9.36. The van der Waals surface area contributed by atoms with E-state index in [1.165, 1.54) is 5.56 Å². The Morgan fingerprint density at radius 3 is 2.18 bits per heavy atom. The van der Waals surface area contributed by atoms with E-state index in [2.05, 4.69) is 17.2 Å². The van der Waals surface area contributed by atoms with Crippen molar-refractivity contribution in [3.63, 3.8) is 0 Å². The monoisotopic (exact) mass is 373 g/mol. The molecule has 2 amide bonds.